The molecule has 3 aromatic heterocycles. The minimum Gasteiger partial charge on any atom is -0.357 e. The number of likely N-dealkylation sites (tertiary alicyclic amines) is 1. The molecule has 2 fully saturated rings. The summed E-state index contributed by atoms with van der Waals surface area (Å²) in [7, 11) is 0. The molecular formula is C17H19N7O2. The number of nitrogens with zero attached hydrogens (tertiary/aromatic N) is 6. The van der Waals surface area contributed by atoms with E-state index in [0.717, 1.165) is 38.1 Å². The summed E-state index contributed by atoms with van der Waals surface area (Å²) in [4.78, 5) is 21.8. The molecule has 0 bridgehead atoms. The molecule has 3 aromatic rings. The summed E-state index contributed by atoms with van der Waals surface area (Å²) in [6, 6.07) is 3.72. The molecule has 5 rings (SSSR count). The number of aromatic amines is 1. The first-order chi connectivity index (χ1) is 12.8. The van der Waals surface area contributed by atoms with Crippen molar-refractivity contribution in [1.29, 1.82) is 0 Å². The van der Waals surface area contributed by atoms with Gasteiger partial charge >= 0.3 is 0 Å². The monoisotopic (exact) mass is 353 g/mol. The average Bonchev–Trinajstić information content (AvgIpc) is 3.14. The maximum Gasteiger partial charge on any atom is 0.280 e. The van der Waals surface area contributed by atoms with Crippen molar-refractivity contribution in [3.63, 3.8) is 0 Å². The van der Waals surface area contributed by atoms with Crippen LogP contribution >= 0.6 is 0 Å². The lowest BCUT2D eigenvalue weighted by Gasteiger charge is -2.32. The molecule has 1 N–H and O–H groups in total. The van der Waals surface area contributed by atoms with E-state index in [-0.39, 0.29) is 11.9 Å². The van der Waals surface area contributed by atoms with Gasteiger partial charge in [-0.2, -0.15) is 4.98 Å². The van der Waals surface area contributed by atoms with Gasteiger partial charge in [0.15, 0.2) is 11.5 Å². The van der Waals surface area contributed by atoms with Gasteiger partial charge < -0.3 is 14.4 Å². The van der Waals surface area contributed by atoms with Crippen molar-refractivity contribution in [2.45, 2.75) is 37.6 Å². The highest BCUT2D eigenvalue weighted by Crippen LogP contribution is 2.38. The molecule has 1 unspecified atom stereocenters. The minimum absolute atomic E-state index is 0.0195. The number of H-pyrrole nitrogens is 1. The van der Waals surface area contributed by atoms with Crippen LogP contribution in [0.2, 0.25) is 0 Å². The van der Waals surface area contributed by atoms with Gasteiger partial charge in [-0.1, -0.05) is 10.4 Å². The summed E-state index contributed by atoms with van der Waals surface area (Å²) in [6.07, 6.45) is 7.72. The Morgan fingerprint density at radius 3 is 3.04 bits per heavy atom. The number of rotatable bonds is 4. The smallest absolute Gasteiger partial charge is 0.280 e. The number of carbonyl (C=O) groups is 1. The van der Waals surface area contributed by atoms with Crippen LogP contribution < -0.4 is 0 Å². The second-order valence-electron chi connectivity index (χ2n) is 6.95. The van der Waals surface area contributed by atoms with Crippen LogP contribution in [0.1, 0.15) is 54.0 Å². The zero-order valence-electron chi connectivity index (χ0n) is 14.2. The normalized spacial score (nSPS) is 20.5. The van der Waals surface area contributed by atoms with Gasteiger partial charge in [0.2, 0.25) is 0 Å². The summed E-state index contributed by atoms with van der Waals surface area (Å²) in [5.41, 5.74) is 1.20. The third-order valence-corrected chi connectivity index (χ3v) is 5.00. The number of hydrogen-bond acceptors (Lipinski definition) is 6. The first kappa shape index (κ1) is 15.3. The molecule has 1 atom stereocenters. The van der Waals surface area contributed by atoms with Crippen molar-refractivity contribution in [2.24, 2.45) is 0 Å². The molecule has 4 heterocycles. The van der Waals surface area contributed by atoms with Crippen molar-refractivity contribution in [3.05, 3.63) is 36.0 Å². The van der Waals surface area contributed by atoms with Crippen molar-refractivity contribution >= 4 is 5.91 Å². The van der Waals surface area contributed by atoms with Gasteiger partial charge in [0.25, 0.3) is 11.8 Å². The molecule has 134 valence electrons. The lowest BCUT2D eigenvalue weighted by molar-refractivity contribution is 0.0666. The minimum atomic E-state index is 0.0195. The Balaban J connectivity index is 1.31. The summed E-state index contributed by atoms with van der Waals surface area (Å²) < 4.78 is 7.13. The van der Waals surface area contributed by atoms with E-state index in [9.17, 15) is 4.79 Å². The topological polar surface area (TPSA) is 106 Å². The number of piperidine rings is 1. The highest BCUT2D eigenvalue weighted by atomic mass is 16.5. The number of carbonyl (C=O) groups excluding carboxylic acids is 1. The molecular weight excluding hydrogens is 334 g/mol. The zero-order valence-corrected chi connectivity index (χ0v) is 14.2. The van der Waals surface area contributed by atoms with Crippen LogP contribution in [0.25, 0.3) is 11.6 Å². The lowest BCUT2D eigenvalue weighted by Crippen LogP contribution is -2.41. The fraction of sp³-hybridized carbons (Fsp3) is 0.471. The Labute approximate surface area is 149 Å². The predicted molar refractivity (Wildman–Crippen MR) is 90.3 cm³/mol. The van der Waals surface area contributed by atoms with Crippen LogP contribution in [0, 0.1) is 0 Å². The van der Waals surface area contributed by atoms with E-state index < -0.39 is 0 Å². The number of amides is 1. The van der Waals surface area contributed by atoms with Crippen LogP contribution in [0.15, 0.2) is 29.0 Å². The Morgan fingerprint density at radius 2 is 2.23 bits per heavy atom. The summed E-state index contributed by atoms with van der Waals surface area (Å²) in [5.74, 6) is 1.63. The highest BCUT2D eigenvalue weighted by molar-refractivity contribution is 5.92. The summed E-state index contributed by atoms with van der Waals surface area (Å²) in [5, 5.41) is 12.4. The maximum absolute atomic E-state index is 12.6. The molecule has 0 aromatic carbocycles. The summed E-state index contributed by atoms with van der Waals surface area (Å²) in [6.45, 7) is 1.36. The Hall–Kier alpha value is -2.97. The largest absolute Gasteiger partial charge is 0.357 e. The van der Waals surface area contributed by atoms with Gasteiger partial charge in [-0.25, -0.2) is 4.68 Å². The van der Waals surface area contributed by atoms with Crippen LogP contribution in [0.3, 0.4) is 0 Å². The Morgan fingerprint density at radius 1 is 1.31 bits per heavy atom. The van der Waals surface area contributed by atoms with Crippen LogP contribution in [0.5, 0.6) is 0 Å². The zero-order chi connectivity index (χ0) is 17.5. The van der Waals surface area contributed by atoms with Crippen LogP contribution in [0.4, 0.5) is 0 Å². The third kappa shape index (κ3) is 2.79. The van der Waals surface area contributed by atoms with Gasteiger partial charge in [-0.15, -0.1) is 5.10 Å². The van der Waals surface area contributed by atoms with Crippen LogP contribution in [-0.4, -0.2) is 54.0 Å². The van der Waals surface area contributed by atoms with E-state index in [4.69, 9.17) is 4.52 Å². The lowest BCUT2D eigenvalue weighted by atomic mass is 10.1. The molecule has 1 saturated carbocycles. The molecule has 0 radical (unpaired) electrons. The van der Waals surface area contributed by atoms with Crippen LogP contribution in [-0.2, 0) is 0 Å². The van der Waals surface area contributed by atoms with Crippen molar-refractivity contribution < 1.29 is 9.32 Å². The molecule has 1 saturated heterocycles. The third-order valence-electron chi connectivity index (χ3n) is 5.00. The molecule has 26 heavy (non-hydrogen) atoms. The molecule has 0 spiro atoms. The van der Waals surface area contributed by atoms with E-state index in [1.807, 2.05) is 21.8 Å². The van der Waals surface area contributed by atoms with E-state index in [1.54, 1.807) is 12.3 Å². The molecule has 9 heteroatoms. The number of hydrogen-bond donors (Lipinski definition) is 1. The first-order valence-electron chi connectivity index (χ1n) is 8.96. The van der Waals surface area contributed by atoms with Crippen molar-refractivity contribution in [1.82, 2.24) is 35.0 Å². The molecule has 2 aliphatic rings. The molecule has 1 amide bonds. The fourth-order valence-corrected chi connectivity index (χ4v) is 3.39. The Kier molecular flexibility index (Phi) is 3.58. The predicted octanol–water partition coefficient (Wildman–Crippen LogP) is 2.01. The average molecular weight is 353 g/mol. The van der Waals surface area contributed by atoms with Gasteiger partial charge in [-0.3, -0.25) is 4.79 Å². The summed E-state index contributed by atoms with van der Waals surface area (Å²) >= 11 is 0. The Bertz CT molecular complexity index is 909. The van der Waals surface area contributed by atoms with Gasteiger partial charge in [-0.05, 0) is 37.8 Å². The van der Waals surface area contributed by atoms with Crippen molar-refractivity contribution in [3.8, 4) is 11.6 Å². The van der Waals surface area contributed by atoms with E-state index in [0.29, 0.717) is 29.7 Å². The quantitative estimate of drug-likeness (QED) is 0.769. The van der Waals surface area contributed by atoms with Crippen molar-refractivity contribution in [2.75, 3.05) is 13.1 Å². The van der Waals surface area contributed by atoms with Gasteiger partial charge in [0, 0.05) is 25.2 Å². The van der Waals surface area contributed by atoms with E-state index >= 15 is 0 Å². The molecule has 1 aliphatic heterocycles. The van der Waals surface area contributed by atoms with Gasteiger partial charge in [0.05, 0.1) is 12.2 Å². The molecule has 9 nitrogen and oxygen atoms in total. The highest BCUT2D eigenvalue weighted by Gasteiger charge is 2.30. The second kappa shape index (κ2) is 6.08. The fourth-order valence-electron chi connectivity index (χ4n) is 3.39. The first-order valence-corrected chi connectivity index (χ1v) is 8.96. The van der Waals surface area contributed by atoms with E-state index in [1.165, 1.54) is 0 Å². The maximum atomic E-state index is 12.6. The van der Waals surface area contributed by atoms with Gasteiger partial charge in [0.1, 0.15) is 5.69 Å². The van der Waals surface area contributed by atoms with E-state index in [2.05, 4.69) is 25.4 Å². The number of nitrogens with one attached hydrogen (secondary N) is 1. The SMILES string of the molecule is O=C(c1ccc[nH]1)N1CCCC(n2cc(-c3nc(C4CC4)no3)nn2)C1. The second-order valence-corrected chi connectivity index (χ2v) is 6.95. The standard InChI is InChI=1S/C17H19N7O2/c25-17(13-4-1-7-18-13)23-8-2-3-12(9-23)24-10-14(20-22-24)16-19-15(21-26-16)11-5-6-11/h1,4,7,10-12,18H,2-3,5-6,8-9H2. The molecule has 1 aliphatic carbocycles. The number of aromatic nitrogens is 6.